The minimum Gasteiger partial charge on any atom is -0.396 e. The van der Waals surface area contributed by atoms with Crippen molar-refractivity contribution >= 4 is 11.6 Å². The third kappa shape index (κ3) is 4.53. The van der Waals surface area contributed by atoms with Crippen LogP contribution in [0.3, 0.4) is 0 Å². The Morgan fingerprint density at radius 2 is 2.32 bits per heavy atom. The lowest BCUT2D eigenvalue weighted by atomic mass is 10.3. The van der Waals surface area contributed by atoms with Crippen molar-refractivity contribution in [3.8, 4) is 0 Å². The quantitative estimate of drug-likeness (QED) is 0.737. The minimum absolute atomic E-state index is 0.0520. The van der Waals surface area contributed by atoms with Gasteiger partial charge in [-0.2, -0.15) is 5.10 Å². The molecule has 0 aromatic carbocycles. The molecule has 1 atom stereocenters. The van der Waals surface area contributed by atoms with E-state index in [9.17, 15) is 4.79 Å². The maximum Gasteiger partial charge on any atom is 0.241 e. The number of nitrogens with two attached hydrogens (primary N) is 1. The molecule has 0 radical (unpaired) electrons. The first-order valence-electron chi connectivity index (χ1n) is 6.51. The summed E-state index contributed by atoms with van der Waals surface area (Å²) in [6.07, 6.45) is 3.18. The monoisotopic (exact) mass is 267 g/mol. The van der Waals surface area contributed by atoms with Crippen LogP contribution in [0.1, 0.15) is 6.92 Å². The summed E-state index contributed by atoms with van der Waals surface area (Å²) in [5.74, 6) is -0.0520. The number of carbonyl (C=O) groups is 1. The summed E-state index contributed by atoms with van der Waals surface area (Å²) in [6.45, 7) is 6.44. The first-order chi connectivity index (χ1) is 9.13. The summed E-state index contributed by atoms with van der Waals surface area (Å²) in [4.78, 5) is 14.1. The summed E-state index contributed by atoms with van der Waals surface area (Å²) < 4.78 is 6.83. The van der Waals surface area contributed by atoms with Crippen LogP contribution >= 0.6 is 0 Å². The highest BCUT2D eigenvalue weighted by Gasteiger charge is 2.15. The maximum absolute atomic E-state index is 11.8. The summed E-state index contributed by atoms with van der Waals surface area (Å²) in [5.41, 5.74) is 6.11. The Hall–Kier alpha value is -1.60. The Morgan fingerprint density at radius 1 is 1.58 bits per heavy atom. The highest BCUT2D eigenvalue weighted by molar-refractivity contribution is 5.76. The van der Waals surface area contributed by atoms with Gasteiger partial charge in [-0.3, -0.25) is 14.4 Å². The van der Waals surface area contributed by atoms with Crippen molar-refractivity contribution in [2.24, 2.45) is 0 Å². The molecule has 1 fully saturated rings. The van der Waals surface area contributed by atoms with E-state index < -0.39 is 0 Å². The smallest absolute Gasteiger partial charge is 0.241 e. The molecule has 0 aliphatic carbocycles. The van der Waals surface area contributed by atoms with E-state index in [1.54, 1.807) is 6.20 Å². The van der Waals surface area contributed by atoms with Gasteiger partial charge < -0.3 is 15.8 Å². The average molecular weight is 267 g/mol. The number of aromatic nitrogens is 2. The Kier molecular flexibility index (Phi) is 4.75. The van der Waals surface area contributed by atoms with E-state index in [4.69, 9.17) is 10.5 Å². The number of morpholine rings is 1. The molecule has 1 saturated heterocycles. The third-order valence-electron chi connectivity index (χ3n) is 3.00. The molecule has 1 aromatic rings. The zero-order valence-corrected chi connectivity index (χ0v) is 11.2. The molecule has 1 aliphatic heterocycles. The second-order valence-corrected chi connectivity index (χ2v) is 4.85. The number of amides is 1. The van der Waals surface area contributed by atoms with Crippen LogP contribution in [0, 0.1) is 0 Å². The summed E-state index contributed by atoms with van der Waals surface area (Å²) in [6, 6.07) is 0.110. The molecule has 1 unspecified atom stereocenters. The number of nitrogens with one attached hydrogen (secondary N) is 1. The number of hydrogen-bond acceptors (Lipinski definition) is 5. The van der Waals surface area contributed by atoms with Crippen LogP contribution < -0.4 is 11.1 Å². The van der Waals surface area contributed by atoms with E-state index in [0.29, 0.717) is 5.69 Å². The van der Waals surface area contributed by atoms with Gasteiger partial charge in [-0.1, -0.05) is 0 Å². The Labute approximate surface area is 112 Å². The van der Waals surface area contributed by atoms with Crippen LogP contribution in [-0.4, -0.2) is 59.5 Å². The SMILES string of the molecule is CC(CN1CCOCC1)NC(=O)Cn1cc(N)cn1. The standard InChI is InChI=1S/C12H21N5O2/c1-10(7-16-2-4-19-5-3-16)15-12(18)9-17-8-11(13)6-14-17/h6,8,10H,2-5,7,9,13H2,1H3,(H,15,18). The van der Waals surface area contributed by atoms with Gasteiger partial charge in [0, 0.05) is 31.9 Å². The molecule has 0 saturated carbocycles. The van der Waals surface area contributed by atoms with E-state index >= 15 is 0 Å². The molecule has 7 nitrogen and oxygen atoms in total. The summed E-state index contributed by atoms with van der Waals surface area (Å²) in [5, 5.41) is 6.94. The molecule has 1 aromatic heterocycles. The van der Waals surface area contributed by atoms with Gasteiger partial charge in [0.25, 0.3) is 0 Å². The fourth-order valence-corrected chi connectivity index (χ4v) is 2.15. The van der Waals surface area contributed by atoms with Crippen LogP contribution in [0.25, 0.3) is 0 Å². The number of anilines is 1. The molecule has 2 rings (SSSR count). The zero-order valence-electron chi connectivity index (χ0n) is 11.2. The predicted octanol–water partition coefficient (Wildman–Crippen LogP) is -0.698. The maximum atomic E-state index is 11.8. The highest BCUT2D eigenvalue weighted by Crippen LogP contribution is 2.00. The van der Waals surface area contributed by atoms with Gasteiger partial charge in [-0.25, -0.2) is 0 Å². The van der Waals surface area contributed by atoms with Gasteiger partial charge in [-0.15, -0.1) is 0 Å². The average Bonchev–Trinajstić information content (AvgIpc) is 2.75. The number of carbonyl (C=O) groups excluding carboxylic acids is 1. The Morgan fingerprint density at radius 3 is 2.95 bits per heavy atom. The van der Waals surface area contributed by atoms with Gasteiger partial charge in [0.2, 0.25) is 5.91 Å². The molecule has 0 spiro atoms. The van der Waals surface area contributed by atoms with Crippen molar-refractivity contribution in [3.63, 3.8) is 0 Å². The number of hydrogen-bond donors (Lipinski definition) is 2. The fourth-order valence-electron chi connectivity index (χ4n) is 2.15. The van der Waals surface area contributed by atoms with Crippen LogP contribution in [0.5, 0.6) is 0 Å². The van der Waals surface area contributed by atoms with E-state index in [1.807, 2.05) is 6.92 Å². The molecule has 3 N–H and O–H groups in total. The van der Waals surface area contributed by atoms with Gasteiger partial charge in [0.1, 0.15) is 6.54 Å². The minimum atomic E-state index is -0.0520. The van der Waals surface area contributed by atoms with Crippen molar-refractivity contribution in [2.45, 2.75) is 19.5 Å². The van der Waals surface area contributed by atoms with Crippen molar-refractivity contribution in [1.82, 2.24) is 20.0 Å². The van der Waals surface area contributed by atoms with Crippen molar-refractivity contribution < 1.29 is 9.53 Å². The molecule has 2 heterocycles. The van der Waals surface area contributed by atoms with Crippen LogP contribution in [0.2, 0.25) is 0 Å². The Balaban J connectivity index is 1.71. The molecule has 1 amide bonds. The van der Waals surface area contributed by atoms with Gasteiger partial charge in [0.15, 0.2) is 0 Å². The molecule has 19 heavy (non-hydrogen) atoms. The van der Waals surface area contributed by atoms with Crippen LogP contribution in [0.15, 0.2) is 12.4 Å². The number of nitrogen functional groups attached to an aromatic ring is 1. The van der Waals surface area contributed by atoms with E-state index in [2.05, 4.69) is 15.3 Å². The highest BCUT2D eigenvalue weighted by atomic mass is 16.5. The van der Waals surface area contributed by atoms with E-state index in [0.717, 1.165) is 32.8 Å². The second-order valence-electron chi connectivity index (χ2n) is 4.85. The van der Waals surface area contributed by atoms with Crippen molar-refractivity contribution in [1.29, 1.82) is 0 Å². The van der Waals surface area contributed by atoms with E-state index in [-0.39, 0.29) is 18.5 Å². The zero-order chi connectivity index (χ0) is 13.7. The first kappa shape index (κ1) is 13.8. The van der Waals surface area contributed by atoms with Crippen molar-refractivity contribution in [2.75, 3.05) is 38.6 Å². The number of ether oxygens (including phenoxy) is 1. The third-order valence-corrected chi connectivity index (χ3v) is 3.00. The van der Waals surface area contributed by atoms with Gasteiger partial charge in [0.05, 0.1) is 25.1 Å². The molecular formula is C12H21N5O2. The lowest BCUT2D eigenvalue weighted by Gasteiger charge is -2.29. The predicted molar refractivity (Wildman–Crippen MR) is 71.5 cm³/mol. The number of rotatable bonds is 5. The summed E-state index contributed by atoms with van der Waals surface area (Å²) in [7, 11) is 0. The fraction of sp³-hybridized carbons (Fsp3) is 0.667. The molecule has 0 bridgehead atoms. The topological polar surface area (TPSA) is 85.4 Å². The lowest BCUT2D eigenvalue weighted by molar-refractivity contribution is -0.122. The van der Waals surface area contributed by atoms with Crippen molar-refractivity contribution in [3.05, 3.63) is 12.4 Å². The lowest BCUT2D eigenvalue weighted by Crippen LogP contribution is -2.46. The molecule has 7 heteroatoms. The second kappa shape index (κ2) is 6.53. The molecule has 106 valence electrons. The molecule has 1 aliphatic rings. The Bertz CT molecular complexity index is 414. The number of nitrogens with zero attached hydrogens (tertiary/aromatic N) is 3. The normalized spacial score (nSPS) is 18.2. The molecular weight excluding hydrogens is 246 g/mol. The van der Waals surface area contributed by atoms with Crippen LogP contribution in [0.4, 0.5) is 5.69 Å². The van der Waals surface area contributed by atoms with Gasteiger partial charge >= 0.3 is 0 Å². The largest absolute Gasteiger partial charge is 0.396 e. The summed E-state index contributed by atoms with van der Waals surface area (Å²) >= 11 is 0. The van der Waals surface area contributed by atoms with E-state index in [1.165, 1.54) is 10.9 Å². The van der Waals surface area contributed by atoms with Crippen LogP contribution in [-0.2, 0) is 16.1 Å². The first-order valence-corrected chi connectivity index (χ1v) is 6.51. The van der Waals surface area contributed by atoms with Gasteiger partial charge in [-0.05, 0) is 6.92 Å².